The normalized spacial score (nSPS) is 25.0. The summed E-state index contributed by atoms with van der Waals surface area (Å²) in [4.78, 5) is 120. The molecule has 0 radical (unpaired) electrons. The highest BCUT2D eigenvalue weighted by Crippen LogP contribution is 2.24. The van der Waals surface area contributed by atoms with Crippen molar-refractivity contribution in [1.82, 2.24) is 19.6 Å². The maximum atomic E-state index is 14.7. The molecule has 1 aliphatic heterocycles. The number of ether oxygens (including phenoxy) is 4. The Labute approximate surface area is 422 Å². The molecular formula is C52H75IN4O12. The van der Waals surface area contributed by atoms with Crippen LogP contribution in [-0.4, -0.2) is 144 Å². The predicted molar refractivity (Wildman–Crippen MR) is 268 cm³/mol. The van der Waals surface area contributed by atoms with Gasteiger partial charge in [-0.3, -0.25) is 19.2 Å². The topological polar surface area (TPSA) is 186 Å². The van der Waals surface area contributed by atoms with Crippen molar-refractivity contribution >= 4 is 70.1 Å². The molecule has 2 aromatic carbocycles. The zero-order valence-corrected chi connectivity index (χ0v) is 45.1. The average molecular weight is 1080 g/mol. The maximum Gasteiger partial charge on any atom is 0.329 e. The van der Waals surface area contributed by atoms with E-state index in [9.17, 15) is 38.4 Å². The number of esters is 4. The van der Waals surface area contributed by atoms with Crippen molar-refractivity contribution in [3.8, 4) is 0 Å². The van der Waals surface area contributed by atoms with E-state index in [4.69, 9.17) is 18.9 Å². The van der Waals surface area contributed by atoms with Gasteiger partial charge in [-0.05, 0) is 109 Å². The number of cyclic esters (lactones) is 4. The molecule has 3 rings (SSSR count). The molecule has 1 unspecified atom stereocenters. The highest BCUT2D eigenvalue weighted by atomic mass is 127. The maximum absolute atomic E-state index is 14.7. The molecule has 0 N–H and O–H groups in total. The van der Waals surface area contributed by atoms with E-state index in [-0.39, 0.29) is 62.2 Å². The van der Waals surface area contributed by atoms with Gasteiger partial charge in [-0.25, -0.2) is 19.2 Å². The lowest BCUT2D eigenvalue weighted by Crippen LogP contribution is -2.55. The molecule has 8 atom stereocenters. The fraction of sp³-hybridized carbons (Fsp3) is 0.615. The highest BCUT2D eigenvalue weighted by Gasteiger charge is 2.43. The SMILES string of the molecule is CC(C)CC1C(=O)O[C@H](Cc2ccc(I)cc2)C(=O)N(C)[C@@H](CC(C)C)C(=O)O[C@H](C)C(=O)N(C)[C@@H](CC(C)C)C(=O)O[C@H](Cc2ccccc2)C(=O)N(C)[C@@H](CC(C)C)C(=O)O[C@H](C)C(=O)N1C. The first kappa shape index (κ1) is 58.2. The number of carbonyl (C=O) groups excluding carboxylic acids is 8. The summed E-state index contributed by atoms with van der Waals surface area (Å²) in [6.07, 6.45) is -5.58. The largest absolute Gasteiger partial charge is 0.451 e. The molecule has 0 aliphatic carbocycles. The van der Waals surface area contributed by atoms with E-state index in [1.807, 2.05) is 67.5 Å². The first-order valence-electron chi connectivity index (χ1n) is 23.9. The summed E-state index contributed by atoms with van der Waals surface area (Å²) >= 11 is 2.15. The van der Waals surface area contributed by atoms with Crippen LogP contribution in [0.2, 0.25) is 0 Å². The van der Waals surface area contributed by atoms with Gasteiger partial charge in [-0.2, -0.15) is 0 Å². The molecule has 4 amide bonds. The molecule has 0 aromatic heterocycles. The predicted octanol–water partition coefficient (Wildman–Crippen LogP) is 6.27. The first-order chi connectivity index (χ1) is 32.2. The van der Waals surface area contributed by atoms with Gasteiger partial charge in [0, 0.05) is 44.6 Å². The molecule has 1 aliphatic rings. The third kappa shape index (κ3) is 17.1. The molecule has 69 heavy (non-hydrogen) atoms. The Kier molecular flexibility index (Phi) is 22.6. The quantitative estimate of drug-likeness (QED) is 0.132. The Morgan fingerprint density at radius 3 is 1.00 bits per heavy atom. The molecule has 2 aromatic rings. The lowest BCUT2D eigenvalue weighted by atomic mass is 10.00. The molecule has 0 saturated carbocycles. The summed E-state index contributed by atoms with van der Waals surface area (Å²) in [5.41, 5.74) is 1.30. The van der Waals surface area contributed by atoms with Gasteiger partial charge in [-0.1, -0.05) is 97.9 Å². The van der Waals surface area contributed by atoms with Crippen LogP contribution in [0.1, 0.15) is 106 Å². The van der Waals surface area contributed by atoms with Crippen molar-refractivity contribution in [1.29, 1.82) is 0 Å². The van der Waals surface area contributed by atoms with Gasteiger partial charge in [0.1, 0.15) is 24.2 Å². The molecule has 17 heteroatoms. The molecule has 382 valence electrons. The van der Waals surface area contributed by atoms with E-state index < -0.39 is 96.1 Å². The minimum absolute atomic E-state index is 0.0820. The Hall–Kier alpha value is -5.07. The fourth-order valence-electron chi connectivity index (χ4n) is 8.14. The van der Waals surface area contributed by atoms with Gasteiger partial charge in [-0.15, -0.1) is 0 Å². The Bertz CT molecular complexity index is 2060. The smallest absolute Gasteiger partial charge is 0.329 e. The first-order valence-corrected chi connectivity index (χ1v) is 25.0. The number of amides is 4. The summed E-state index contributed by atoms with van der Waals surface area (Å²) < 4.78 is 24.7. The number of carbonyl (C=O) groups is 8. The van der Waals surface area contributed by atoms with Gasteiger partial charge >= 0.3 is 23.9 Å². The average Bonchev–Trinajstić information content (AvgIpc) is 3.28. The standard InChI is InChI=1S/C52H75IN4O12/c1-30(2)24-39-49(62)66-35(10)46(59)55(12)42(27-33(7)8)52(65)69-44(29-37-20-22-38(53)23-21-37)48(61)57(14)40(25-31(3)4)50(63)67-34(9)45(58)54(11)41(26-32(5)6)51(64)68-43(47(60)56(39)13)28-36-18-16-15-17-19-36/h15-23,30-35,39-44H,24-29H2,1-14H3/t34-,35-,39+,40+,41+,42?,43-,44-/m1/s1. The molecule has 16 nitrogen and oxygen atoms in total. The van der Waals surface area contributed by atoms with E-state index in [0.29, 0.717) is 11.1 Å². The second-order valence-electron chi connectivity index (χ2n) is 19.9. The highest BCUT2D eigenvalue weighted by molar-refractivity contribution is 14.1. The van der Waals surface area contributed by atoms with Crippen molar-refractivity contribution in [2.24, 2.45) is 23.7 Å². The van der Waals surface area contributed by atoms with Crippen molar-refractivity contribution in [2.45, 2.75) is 156 Å². The van der Waals surface area contributed by atoms with E-state index in [1.165, 1.54) is 42.0 Å². The van der Waals surface area contributed by atoms with Gasteiger partial charge < -0.3 is 38.5 Å². The van der Waals surface area contributed by atoms with Crippen LogP contribution in [0.4, 0.5) is 0 Å². The molecule has 1 heterocycles. The molecular weight excluding hydrogens is 999 g/mol. The Morgan fingerprint density at radius 1 is 0.420 bits per heavy atom. The van der Waals surface area contributed by atoms with E-state index in [2.05, 4.69) is 22.6 Å². The minimum atomic E-state index is -1.48. The van der Waals surface area contributed by atoms with Crippen LogP contribution in [0.5, 0.6) is 0 Å². The second-order valence-corrected chi connectivity index (χ2v) is 21.2. The number of benzene rings is 2. The lowest BCUT2D eigenvalue weighted by Gasteiger charge is -2.35. The second kappa shape index (κ2) is 26.8. The van der Waals surface area contributed by atoms with Gasteiger partial charge in [0.05, 0.1) is 0 Å². The van der Waals surface area contributed by atoms with Crippen LogP contribution in [0.25, 0.3) is 0 Å². The van der Waals surface area contributed by atoms with E-state index in [0.717, 1.165) is 23.2 Å². The van der Waals surface area contributed by atoms with Crippen LogP contribution in [0.3, 0.4) is 0 Å². The van der Waals surface area contributed by atoms with Crippen LogP contribution in [-0.2, 0) is 70.1 Å². The summed E-state index contributed by atoms with van der Waals surface area (Å²) in [5.74, 6) is -7.14. The number of hydrogen-bond donors (Lipinski definition) is 0. The lowest BCUT2D eigenvalue weighted by molar-refractivity contribution is -0.176. The number of halogens is 1. The van der Waals surface area contributed by atoms with Gasteiger partial charge in [0.25, 0.3) is 23.6 Å². The fourth-order valence-corrected chi connectivity index (χ4v) is 8.50. The monoisotopic (exact) mass is 1070 g/mol. The molecule has 0 spiro atoms. The summed E-state index contributed by atoms with van der Waals surface area (Å²) in [6, 6.07) is 11.1. The molecule has 1 saturated heterocycles. The zero-order chi connectivity index (χ0) is 52.0. The van der Waals surface area contributed by atoms with E-state index in [1.54, 1.807) is 42.5 Å². The molecule has 1 fully saturated rings. The van der Waals surface area contributed by atoms with Crippen molar-refractivity contribution in [3.05, 3.63) is 69.3 Å². The van der Waals surface area contributed by atoms with E-state index >= 15 is 0 Å². The zero-order valence-electron chi connectivity index (χ0n) is 42.9. The van der Waals surface area contributed by atoms with Gasteiger partial charge in [0.2, 0.25) is 0 Å². The summed E-state index contributed by atoms with van der Waals surface area (Å²) in [6.45, 7) is 17.5. The van der Waals surface area contributed by atoms with Gasteiger partial charge in [0.15, 0.2) is 24.4 Å². The van der Waals surface area contributed by atoms with Crippen molar-refractivity contribution < 1.29 is 57.3 Å². The van der Waals surface area contributed by atoms with Crippen molar-refractivity contribution in [2.75, 3.05) is 28.2 Å². The number of likely N-dealkylation sites (N-methyl/N-ethyl adjacent to an activating group) is 4. The summed E-state index contributed by atoms with van der Waals surface area (Å²) in [7, 11) is 5.57. The van der Waals surface area contributed by atoms with Crippen LogP contribution in [0, 0.1) is 27.2 Å². The third-order valence-corrected chi connectivity index (χ3v) is 12.8. The number of hydrogen-bond acceptors (Lipinski definition) is 12. The Balaban J connectivity index is 2.25. The minimum Gasteiger partial charge on any atom is -0.451 e. The number of rotatable bonds is 12. The third-order valence-electron chi connectivity index (χ3n) is 12.1. The molecule has 0 bridgehead atoms. The van der Waals surface area contributed by atoms with Crippen LogP contribution >= 0.6 is 22.6 Å². The Morgan fingerprint density at radius 2 is 0.696 bits per heavy atom. The number of nitrogens with zero attached hydrogens (tertiary/aromatic N) is 4. The van der Waals surface area contributed by atoms with Crippen molar-refractivity contribution in [3.63, 3.8) is 0 Å². The van der Waals surface area contributed by atoms with Crippen LogP contribution < -0.4 is 0 Å². The van der Waals surface area contributed by atoms with Crippen LogP contribution in [0.15, 0.2) is 54.6 Å². The summed E-state index contributed by atoms with van der Waals surface area (Å²) in [5, 5.41) is 0.